The van der Waals surface area contributed by atoms with Crippen LogP contribution in [0.2, 0.25) is 0 Å². The Balaban J connectivity index is 1.60. The van der Waals surface area contributed by atoms with Gasteiger partial charge in [-0.1, -0.05) is 0 Å². The van der Waals surface area contributed by atoms with E-state index in [2.05, 4.69) is 31.2 Å². The predicted octanol–water partition coefficient (Wildman–Crippen LogP) is 0.0833. The number of likely N-dealkylation sites (N-methyl/N-ethyl adjacent to an activating group) is 1. The van der Waals surface area contributed by atoms with E-state index in [1.54, 1.807) is 20.2 Å². The summed E-state index contributed by atoms with van der Waals surface area (Å²) < 4.78 is 5.18. The van der Waals surface area contributed by atoms with Crippen LogP contribution in [0.15, 0.2) is 21.7 Å². The van der Waals surface area contributed by atoms with Crippen LogP contribution in [-0.4, -0.2) is 75.5 Å². The number of furan rings is 1. The van der Waals surface area contributed by atoms with Gasteiger partial charge in [0.05, 0.1) is 12.8 Å². The maximum Gasteiger partial charge on any atom is 0.287 e. The molecule has 0 aliphatic carbocycles. The lowest BCUT2D eigenvalue weighted by Gasteiger charge is -2.32. The van der Waals surface area contributed by atoms with Gasteiger partial charge in [-0.25, -0.2) is 0 Å². The van der Waals surface area contributed by atoms with Gasteiger partial charge in [-0.2, -0.15) is 0 Å². The summed E-state index contributed by atoms with van der Waals surface area (Å²) in [6.45, 7) is 5.34. The van der Waals surface area contributed by atoms with Crippen LogP contribution < -0.4 is 21.3 Å². The van der Waals surface area contributed by atoms with E-state index in [1.807, 2.05) is 6.92 Å². The molecule has 0 aromatic carbocycles. The third-order valence-electron chi connectivity index (χ3n) is 4.80. The Labute approximate surface area is 166 Å². The van der Waals surface area contributed by atoms with Gasteiger partial charge in [0.15, 0.2) is 11.7 Å². The zero-order valence-electron chi connectivity index (χ0n) is 17.0. The first-order valence-corrected chi connectivity index (χ1v) is 9.76. The minimum atomic E-state index is -0.187. The van der Waals surface area contributed by atoms with Gasteiger partial charge in [0.2, 0.25) is 5.91 Å². The lowest BCUT2D eigenvalue weighted by Crippen LogP contribution is -2.50. The summed E-state index contributed by atoms with van der Waals surface area (Å²) in [7, 11) is 3.41. The topological polar surface area (TPSA) is 111 Å². The van der Waals surface area contributed by atoms with Crippen molar-refractivity contribution in [1.82, 2.24) is 26.2 Å². The molecule has 0 atom stereocenters. The van der Waals surface area contributed by atoms with Crippen LogP contribution in [0.5, 0.6) is 0 Å². The average molecular weight is 393 g/mol. The van der Waals surface area contributed by atoms with E-state index in [-0.39, 0.29) is 11.8 Å². The Bertz CT molecular complexity index is 664. The lowest BCUT2D eigenvalue weighted by molar-refractivity contribution is -0.122. The van der Waals surface area contributed by atoms with Crippen LogP contribution in [0.25, 0.3) is 0 Å². The first-order chi connectivity index (χ1) is 13.5. The number of carbonyl (C=O) groups is 2. The van der Waals surface area contributed by atoms with Gasteiger partial charge >= 0.3 is 0 Å². The van der Waals surface area contributed by atoms with Crippen LogP contribution in [-0.2, 0) is 4.79 Å². The molecule has 0 radical (unpaired) electrons. The minimum absolute atomic E-state index is 0.0539. The molecule has 1 aliphatic rings. The molecule has 1 saturated heterocycles. The number of aryl methyl sites for hydroxylation is 1. The number of nitrogens with one attached hydrogen (secondary N) is 4. The molecule has 1 fully saturated rings. The number of hydrogen-bond acceptors (Lipinski definition) is 5. The molecule has 2 heterocycles. The van der Waals surface area contributed by atoms with Crippen LogP contribution in [0.4, 0.5) is 0 Å². The fraction of sp³-hybridized carbons (Fsp3) is 0.632. The Morgan fingerprint density at radius 2 is 1.96 bits per heavy atom. The number of guanidine groups is 1. The van der Waals surface area contributed by atoms with Gasteiger partial charge in [-0.3, -0.25) is 19.5 Å². The summed E-state index contributed by atoms with van der Waals surface area (Å²) in [4.78, 5) is 29.8. The van der Waals surface area contributed by atoms with Crippen LogP contribution in [0.3, 0.4) is 0 Å². The molecular formula is C19H32N6O3. The molecule has 0 saturated carbocycles. The van der Waals surface area contributed by atoms with Gasteiger partial charge in [-0.15, -0.1) is 0 Å². The highest BCUT2D eigenvalue weighted by molar-refractivity contribution is 5.92. The summed E-state index contributed by atoms with van der Waals surface area (Å²) in [5.41, 5.74) is 0.835. The molecule has 2 amide bonds. The van der Waals surface area contributed by atoms with Crippen molar-refractivity contribution in [3.8, 4) is 0 Å². The zero-order chi connectivity index (χ0) is 20.4. The van der Waals surface area contributed by atoms with Crippen molar-refractivity contribution >= 4 is 17.8 Å². The van der Waals surface area contributed by atoms with E-state index in [1.165, 1.54) is 6.26 Å². The summed E-state index contributed by atoms with van der Waals surface area (Å²) in [5, 5.41) is 12.2. The highest BCUT2D eigenvalue weighted by atomic mass is 16.3. The van der Waals surface area contributed by atoms with E-state index in [9.17, 15) is 9.59 Å². The number of nitrogens with zero attached hydrogens (tertiary/aromatic N) is 2. The van der Waals surface area contributed by atoms with E-state index in [4.69, 9.17) is 4.42 Å². The van der Waals surface area contributed by atoms with Gasteiger partial charge in [-0.05, 0) is 32.3 Å². The number of carbonyl (C=O) groups excluding carboxylic acids is 2. The van der Waals surface area contributed by atoms with E-state index < -0.39 is 0 Å². The highest BCUT2D eigenvalue weighted by Crippen LogP contribution is 2.10. The minimum Gasteiger partial charge on any atom is -0.459 e. The van der Waals surface area contributed by atoms with Crippen molar-refractivity contribution in [2.45, 2.75) is 32.2 Å². The molecule has 156 valence electrons. The number of rotatable bonds is 8. The quantitative estimate of drug-likeness (QED) is 0.283. The van der Waals surface area contributed by atoms with Crippen molar-refractivity contribution in [2.75, 3.05) is 46.8 Å². The van der Waals surface area contributed by atoms with Crippen LogP contribution in [0.1, 0.15) is 35.4 Å². The van der Waals surface area contributed by atoms with Gasteiger partial charge in [0.25, 0.3) is 5.91 Å². The lowest BCUT2D eigenvalue weighted by atomic mass is 10.1. The molecule has 1 aromatic rings. The third-order valence-corrected chi connectivity index (χ3v) is 4.80. The van der Waals surface area contributed by atoms with Crippen LogP contribution in [0, 0.1) is 6.92 Å². The Morgan fingerprint density at radius 3 is 2.57 bits per heavy atom. The standard InChI is InChI=1S/C19H32N6O3/c1-14-7-12-28-17(14)18(27)22-8-4-9-23-19(21-3)24-15-5-10-25(11-6-15)13-16(26)20-2/h7,12,15H,4-6,8-11,13H2,1-3H3,(H,20,26)(H,22,27)(H2,21,23,24). The van der Waals surface area contributed by atoms with Crippen molar-refractivity contribution in [2.24, 2.45) is 4.99 Å². The Kier molecular flexibility index (Phi) is 8.80. The number of aliphatic imine (C=N–C) groups is 1. The molecule has 0 spiro atoms. The summed E-state index contributed by atoms with van der Waals surface area (Å²) in [6, 6.07) is 2.11. The molecule has 2 rings (SSSR count). The summed E-state index contributed by atoms with van der Waals surface area (Å²) in [5.74, 6) is 0.998. The molecule has 1 aromatic heterocycles. The van der Waals surface area contributed by atoms with Crippen molar-refractivity contribution in [3.63, 3.8) is 0 Å². The molecule has 0 bridgehead atoms. The zero-order valence-corrected chi connectivity index (χ0v) is 17.0. The second-order valence-electron chi connectivity index (χ2n) is 6.91. The van der Waals surface area contributed by atoms with Crippen LogP contribution >= 0.6 is 0 Å². The summed E-state index contributed by atoms with van der Waals surface area (Å²) in [6.07, 6.45) is 4.23. The average Bonchev–Trinajstić information content (AvgIpc) is 3.13. The number of amides is 2. The predicted molar refractivity (Wildman–Crippen MR) is 108 cm³/mol. The largest absolute Gasteiger partial charge is 0.459 e. The molecule has 28 heavy (non-hydrogen) atoms. The molecule has 4 N–H and O–H groups in total. The smallest absolute Gasteiger partial charge is 0.287 e. The monoisotopic (exact) mass is 392 g/mol. The van der Waals surface area contributed by atoms with Gasteiger partial charge < -0.3 is 25.7 Å². The molecule has 9 nitrogen and oxygen atoms in total. The fourth-order valence-corrected chi connectivity index (χ4v) is 3.09. The first kappa shape index (κ1) is 21.7. The van der Waals surface area contributed by atoms with Crippen molar-refractivity contribution in [3.05, 3.63) is 23.7 Å². The van der Waals surface area contributed by atoms with Gasteiger partial charge in [0, 0.05) is 51.9 Å². The van der Waals surface area contributed by atoms with Gasteiger partial charge in [0.1, 0.15) is 0 Å². The number of hydrogen-bond donors (Lipinski definition) is 4. The Hall–Kier alpha value is -2.55. The van der Waals surface area contributed by atoms with Crippen molar-refractivity contribution in [1.29, 1.82) is 0 Å². The molecule has 1 aliphatic heterocycles. The SMILES string of the molecule is CN=C(NCCCNC(=O)c1occc1C)NC1CCN(CC(=O)NC)CC1. The fourth-order valence-electron chi connectivity index (χ4n) is 3.09. The first-order valence-electron chi connectivity index (χ1n) is 9.76. The molecular weight excluding hydrogens is 360 g/mol. The molecule has 9 heteroatoms. The third kappa shape index (κ3) is 6.88. The van der Waals surface area contributed by atoms with E-state index in [0.717, 1.165) is 43.9 Å². The Morgan fingerprint density at radius 1 is 1.25 bits per heavy atom. The summed E-state index contributed by atoms with van der Waals surface area (Å²) >= 11 is 0. The maximum atomic E-state index is 12.0. The normalized spacial score (nSPS) is 15.9. The van der Waals surface area contributed by atoms with Crippen molar-refractivity contribution < 1.29 is 14.0 Å². The number of piperidine rings is 1. The second kappa shape index (κ2) is 11.3. The second-order valence-corrected chi connectivity index (χ2v) is 6.91. The van der Waals surface area contributed by atoms with E-state index >= 15 is 0 Å². The maximum absolute atomic E-state index is 12.0. The van der Waals surface area contributed by atoms with E-state index in [0.29, 0.717) is 31.4 Å². The molecule has 0 unspecified atom stereocenters. The number of likely N-dealkylation sites (tertiary alicyclic amines) is 1. The highest BCUT2D eigenvalue weighted by Gasteiger charge is 2.21.